The van der Waals surface area contributed by atoms with Gasteiger partial charge >= 0.3 is 0 Å². The Kier molecular flexibility index (Phi) is 4.91. The maximum absolute atomic E-state index is 14.0. The SMILES string of the molecule is CC(Cc1c(F)ccc(O)c1F)CN1CCC2(CC1)OCc1ccccc12. The van der Waals surface area contributed by atoms with Crippen LogP contribution in [0.25, 0.3) is 0 Å². The number of piperidine rings is 1. The van der Waals surface area contributed by atoms with Crippen LogP contribution in [0.15, 0.2) is 36.4 Å². The molecule has 2 aromatic carbocycles. The van der Waals surface area contributed by atoms with E-state index < -0.39 is 17.4 Å². The van der Waals surface area contributed by atoms with Crippen LogP contribution in [0, 0.1) is 17.6 Å². The van der Waals surface area contributed by atoms with Gasteiger partial charge in [0.15, 0.2) is 11.6 Å². The summed E-state index contributed by atoms with van der Waals surface area (Å²) >= 11 is 0. The molecule has 0 aliphatic carbocycles. The number of aromatic hydroxyl groups is 1. The van der Waals surface area contributed by atoms with E-state index in [1.807, 2.05) is 6.92 Å². The molecule has 4 rings (SSSR count). The molecule has 2 heterocycles. The van der Waals surface area contributed by atoms with Gasteiger partial charge in [-0.15, -0.1) is 0 Å². The van der Waals surface area contributed by atoms with Gasteiger partial charge in [-0.25, -0.2) is 8.78 Å². The fourth-order valence-electron chi connectivity index (χ4n) is 4.52. The fourth-order valence-corrected chi connectivity index (χ4v) is 4.52. The van der Waals surface area contributed by atoms with Crippen molar-refractivity contribution >= 4 is 0 Å². The summed E-state index contributed by atoms with van der Waals surface area (Å²) in [5.41, 5.74) is 2.42. The molecule has 0 aromatic heterocycles. The third-order valence-corrected chi connectivity index (χ3v) is 5.96. The number of phenols is 1. The van der Waals surface area contributed by atoms with Crippen LogP contribution in [-0.4, -0.2) is 29.6 Å². The molecular weight excluding hydrogens is 348 g/mol. The van der Waals surface area contributed by atoms with Gasteiger partial charge in [0, 0.05) is 25.2 Å². The van der Waals surface area contributed by atoms with Crippen molar-refractivity contribution in [3.8, 4) is 5.75 Å². The molecule has 1 unspecified atom stereocenters. The molecule has 1 fully saturated rings. The number of halogens is 2. The second-order valence-corrected chi connectivity index (χ2v) is 7.91. The zero-order valence-corrected chi connectivity index (χ0v) is 15.5. The highest BCUT2D eigenvalue weighted by Crippen LogP contribution is 2.44. The summed E-state index contributed by atoms with van der Waals surface area (Å²) in [7, 11) is 0. The number of hydrogen-bond donors (Lipinski definition) is 1. The van der Waals surface area contributed by atoms with Crippen LogP contribution in [0.3, 0.4) is 0 Å². The van der Waals surface area contributed by atoms with E-state index in [0.717, 1.165) is 44.6 Å². The van der Waals surface area contributed by atoms with Crippen molar-refractivity contribution in [1.82, 2.24) is 4.90 Å². The molecule has 0 saturated carbocycles. The number of ether oxygens (including phenoxy) is 1. The first-order valence-electron chi connectivity index (χ1n) is 9.59. The predicted molar refractivity (Wildman–Crippen MR) is 99.5 cm³/mol. The van der Waals surface area contributed by atoms with Gasteiger partial charge in [0.1, 0.15) is 5.82 Å². The van der Waals surface area contributed by atoms with Gasteiger partial charge in [-0.1, -0.05) is 31.2 Å². The summed E-state index contributed by atoms with van der Waals surface area (Å²) < 4.78 is 34.1. The average Bonchev–Trinajstić information content (AvgIpc) is 3.03. The van der Waals surface area contributed by atoms with E-state index in [0.29, 0.717) is 6.61 Å². The van der Waals surface area contributed by atoms with Crippen molar-refractivity contribution in [2.45, 2.75) is 38.4 Å². The molecule has 2 aromatic rings. The van der Waals surface area contributed by atoms with Crippen molar-refractivity contribution in [3.63, 3.8) is 0 Å². The maximum atomic E-state index is 14.0. The highest BCUT2D eigenvalue weighted by molar-refractivity contribution is 5.36. The lowest BCUT2D eigenvalue weighted by Crippen LogP contribution is -2.44. The van der Waals surface area contributed by atoms with E-state index in [9.17, 15) is 13.9 Å². The zero-order chi connectivity index (χ0) is 19.0. The number of likely N-dealkylation sites (tertiary alicyclic amines) is 1. The van der Waals surface area contributed by atoms with Crippen molar-refractivity contribution in [2.75, 3.05) is 19.6 Å². The zero-order valence-electron chi connectivity index (χ0n) is 15.5. The molecule has 1 saturated heterocycles. The van der Waals surface area contributed by atoms with Gasteiger partial charge in [0.2, 0.25) is 0 Å². The van der Waals surface area contributed by atoms with E-state index in [4.69, 9.17) is 4.74 Å². The summed E-state index contributed by atoms with van der Waals surface area (Å²) in [5, 5.41) is 9.49. The Bertz CT molecular complexity index is 831. The fraction of sp³-hybridized carbons (Fsp3) is 0.455. The molecule has 1 spiro atoms. The number of hydrogen-bond acceptors (Lipinski definition) is 3. The Morgan fingerprint density at radius 1 is 1.15 bits per heavy atom. The lowest BCUT2D eigenvalue weighted by Gasteiger charge is -2.40. The minimum absolute atomic E-state index is 0.0240. The molecule has 0 amide bonds. The lowest BCUT2D eigenvalue weighted by molar-refractivity contribution is -0.0800. The Morgan fingerprint density at radius 2 is 1.89 bits per heavy atom. The minimum Gasteiger partial charge on any atom is -0.505 e. The van der Waals surface area contributed by atoms with Gasteiger partial charge < -0.3 is 14.7 Å². The Labute approximate surface area is 158 Å². The number of fused-ring (bicyclic) bond motifs is 2. The molecule has 2 aliphatic heterocycles. The van der Waals surface area contributed by atoms with Crippen LogP contribution in [-0.2, 0) is 23.4 Å². The molecule has 1 N–H and O–H groups in total. The van der Waals surface area contributed by atoms with E-state index in [1.54, 1.807) is 0 Å². The van der Waals surface area contributed by atoms with Crippen molar-refractivity contribution in [2.24, 2.45) is 5.92 Å². The van der Waals surface area contributed by atoms with Gasteiger partial charge in [-0.05, 0) is 48.4 Å². The van der Waals surface area contributed by atoms with Crippen LogP contribution in [0.4, 0.5) is 8.78 Å². The molecule has 2 aliphatic rings. The first-order valence-corrected chi connectivity index (χ1v) is 9.59. The third-order valence-electron chi connectivity index (χ3n) is 5.96. The molecule has 5 heteroatoms. The average molecular weight is 373 g/mol. The van der Waals surface area contributed by atoms with Crippen molar-refractivity contribution in [1.29, 1.82) is 0 Å². The number of benzene rings is 2. The van der Waals surface area contributed by atoms with Crippen LogP contribution in [0.1, 0.15) is 36.5 Å². The Balaban J connectivity index is 1.37. The largest absolute Gasteiger partial charge is 0.505 e. The number of nitrogens with zero attached hydrogens (tertiary/aromatic N) is 1. The number of phenolic OH excluding ortho intramolecular Hbond substituents is 1. The van der Waals surface area contributed by atoms with E-state index >= 15 is 0 Å². The van der Waals surface area contributed by atoms with Crippen LogP contribution in [0.5, 0.6) is 5.75 Å². The van der Waals surface area contributed by atoms with Gasteiger partial charge in [-0.3, -0.25) is 0 Å². The smallest absolute Gasteiger partial charge is 0.170 e. The molecular formula is C22H25F2NO2. The van der Waals surface area contributed by atoms with Crippen LogP contribution >= 0.6 is 0 Å². The summed E-state index contributed by atoms with van der Waals surface area (Å²) in [6.07, 6.45) is 2.14. The van der Waals surface area contributed by atoms with Crippen molar-refractivity contribution in [3.05, 3.63) is 64.7 Å². The monoisotopic (exact) mass is 373 g/mol. The molecule has 27 heavy (non-hydrogen) atoms. The highest BCUT2D eigenvalue weighted by Gasteiger charge is 2.42. The summed E-state index contributed by atoms with van der Waals surface area (Å²) in [4.78, 5) is 2.35. The molecule has 0 bridgehead atoms. The molecule has 3 nitrogen and oxygen atoms in total. The number of rotatable bonds is 4. The van der Waals surface area contributed by atoms with E-state index in [-0.39, 0.29) is 23.5 Å². The molecule has 1 atom stereocenters. The summed E-state index contributed by atoms with van der Waals surface area (Å²) in [6, 6.07) is 10.6. The van der Waals surface area contributed by atoms with E-state index in [2.05, 4.69) is 29.2 Å². The predicted octanol–water partition coefficient (Wildman–Crippen LogP) is 4.37. The second kappa shape index (κ2) is 7.21. The van der Waals surface area contributed by atoms with Gasteiger partial charge in [-0.2, -0.15) is 0 Å². The quantitative estimate of drug-likeness (QED) is 0.864. The van der Waals surface area contributed by atoms with Crippen LogP contribution < -0.4 is 0 Å². The Hall–Kier alpha value is -1.98. The topological polar surface area (TPSA) is 32.7 Å². The van der Waals surface area contributed by atoms with Crippen molar-refractivity contribution < 1.29 is 18.6 Å². The minimum atomic E-state index is -0.838. The van der Waals surface area contributed by atoms with Crippen LogP contribution in [0.2, 0.25) is 0 Å². The maximum Gasteiger partial charge on any atom is 0.170 e. The Morgan fingerprint density at radius 3 is 2.67 bits per heavy atom. The lowest BCUT2D eigenvalue weighted by atomic mass is 9.83. The molecule has 0 radical (unpaired) electrons. The van der Waals surface area contributed by atoms with Gasteiger partial charge in [0.05, 0.1) is 12.2 Å². The highest BCUT2D eigenvalue weighted by atomic mass is 19.1. The van der Waals surface area contributed by atoms with E-state index in [1.165, 1.54) is 11.1 Å². The summed E-state index contributed by atoms with van der Waals surface area (Å²) in [5.74, 6) is -1.83. The second-order valence-electron chi connectivity index (χ2n) is 7.91. The first kappa shape index (κ1) is 18.4. The third kappa shape index (κ3) is 3.46. The summed E-state index contributed by atoms with van der Waals surface area (Å²) in [6.45, 7) is 5.26. The van der Waals surface area contributed by atoms with Gasteiger partial charge in [0.25, 0.3) is 0 Å². The first-order chi connectivity index (χ1) is 13.0. The normalized spacial score (nSPS) is 20.0. The molecule has 144 valence electrons. The standard InChI is InChI=1S/C22H25F2NO2/c1-15(12-17-19(23)6-7-20(26)21(17)24)13-25-10-8-22(9-11-25)18-5-3-2-4-16(18)14-27-22/h2-7,15,26H,8-14H2,1H3.